The molecule has 0 amide bonds. The topological polar surface area (TPSA) is 42.0 Å². The van der Waals surface area contributed by atoms with Crippen molar-refractivity contribution in [3.8, 4) is 0 Å². The van der Waals surface area contributed by atoms with Crippen molar-refractivity contribution >= 4 is 26.9 Å². The molecule has 0 radical (unpaired) electrons. The lowest BCUT2D eigenvalue weighted by atomic mass is 10.2. The van der Waals surface area contributed by atoms with Crippen LogP contribution >= 0.6 is 15.9 Å². The zero-order valence-electron chi connectivity index (χ0n) is 10.0. The Bertz CT molecular complexity index is 401. The third-order valence-electron chi connectivity index (χ3n) is 2.21. The van der Waals surface area contributed by atoms with Crippen LogP contribution in [0, 0.1) is 6.92 Å². The van der Waals surface area contributed by atoms with Gasteiger partial charge < -0.3 is 0 Å². The Kier molecular flexibility index (Phi) is 4.64. The fourth-order valence-corrected chi connectivity index (χ4v) is 2.17. The Morgan fingerprint density at radius 1 is 1.44 bits per heavy atom. The summed E-state index contributed by atoms with van der Waals surface area (Å²) in [6, 6.07) is 0. The average molecular weight is 305 g/mol. The van der Waals surface area contributed by atoms with Crippen molar-refractivity contribution < 1.29 is 4.21 Å². The largest absolute Gasteiger partial charge is 0.263 e. The number of aromatic nitrogens is 1. The van der Waals surface area contributed by atoms with Crippen LogP contribution in [0.4, 0.5) is 0 Å². The first-order valence-electron chi connectivity index (χ1n) is 5.06. The van der Waals surface area contributed by atoms with Crippen molar-refractivity contribution in [3.05, 3.63) is 28.0 Å². The molecule has 1 aromatic heterocycles. The van der Waals surface area contributed by atoms with Crippen molar-refractivity contribution in [2.45, 2.75) is 39.0 Å². The summed E-state index contributed by atoms with van der Waals surface area (Å²) in [6.45, 7) is 8.43. The second-order valence-electron chi connectivity index (χ2n) is 4.61. The van der Waals surface area contributed by atoms with E-state index in [2.05, 4.69) is 25.6 Å². The molecular formula is C11H17BrN2OS. The van der Waals surface area contributed by atoms with E-state index in [4.69, 9.17) is 0 Å². The third kappa shape index (κ3) is 3.64. The van der Waals surface area contributed by atoms with Crippen molar-refractivity contribution in [2.75, 3.05) is 0 Å². The second-order valence-corrected chi connectivity index (χ2v) is 7.51. The van der Waals surface area contributed by atoms with E-state index >= 15 is 0 Å². The van der Waals surface area contributed by atoms with E-state index in [1.54, 1.807) is 12.4 Å². The van der Waals surface area contributed by atoms with E-state index in [0.717, 1.165) is 15.6 Å². The van der Waals surface area contributed by atoms with Gasteiger partial charge in [-0.1, -0.05) is 0 Å². The van der Waals surface area contributed by atoms with Crippen molar-refractivity contribution in [2.24, 2.45) is 0 Å². The fourth-order valence-electron chi connectivity index (χ4n) is 1.08. The smallest absolute Gasteiger partial charge is 0.0973 e. The minimum atomic E-state index is -1.05. The molecule has 3 nitrogen and oxygen atoms in total. The normalized spacial score (nSPS) is 13.8. The van der Waals surface area contributed by atoms with Crippen LogP contribution in [0.5, 0.6) is 0 Å². The van der Waals surface area contributed by atoms with Crippen LogP contribution in [-0.2, 0) is 17.5 Å². The average Bonchev–Trinajstić information content (AvgIpc) is 2.18. The van der Waals surface area contributed by atoms with Crippen LogP contribution in [0.3, 0.4) is 0 Å². The Hall–Kier alpha value is -0.260. The van der Waals surface area contributed by atoms with Gasteiger partial charge >= 0.3 is 0 Å². The second kappa shape index (κ2) is 5.38. The number of nitrogens with zero attached hydrogens (tertiary/aromatic N) is 1. The van der Waals surface area contributed by atoms with Gasteiger partial charge in [0, 0.05) is 23.4 Å². The lowest BCUT2D eigenvalue weighted by Crippen LogP contribution is -2.33. The molecule has 1 rings (SSSR count). The van der Waals surface area contributed by atoms with E-state index in [1.165, 1.54) is 0 Å². The summed E-state index contributed by atoms with van der Waals surface area (Å²) < 4.78 is 15.6. The number of hydrogen-bond donors (Lipinski definition) is 1. The molecule has 1 atom stereocenters. The van der Waals surface area contributed by atoms with Gasteiger partial charge in [0.05, 0.1) is 15.7 Å². The number of pyridine rings is 1. The molecule has 0 fully saturated rings. The van der Waals surface area contributed by atoms with Gasteiger partial charge in [-0.05, 0) is 54.8 Å². The number of rotatable bonds is 3. The fraction of sp³-hybridized carbons (Fsp3) is 0.545. The van der Waals surface area contributed by atoms with Gasteiger partial charge in [0.15, 0.2) is 0 Å². The highest BCUT2D eigenvalue weighted by molar-refractivity contribution is 9.10. The van der Waals surface area contributed by atoms with E-state index < -0.39 is 11.0 Å². The van der Waals surface area contributed by atoms with Crippen molar-refractivity contribution in [1.29, 1.82) is 0 Å². The number of nitrogens with one attached hydrogen (secondary N) is 1. The van der Waals surface area contributed by atoms with Gasteiger partial charge in [-0.15, -0.1) is 0 Å². The van der Waals surface area contributed by atoms with Crippen molar-refractivity contribution in [3.63, 3.8) is 0 Å². The van der Waals surface area contributed by atoms with Crippen LogP contribution in [0.2, 0.25) is 0 Å². The van der Waals surface area contributed by atoms with Gasteiger partial charge in [-0.3, -0.25) is 4.98 Å². The lowest BCUT2D eigenvalue weighted by molar-refractivity contribution is 0.634. The summed E-state index contributed by atoms with van der Waals surface area (Å²) in [5.41, 5.74) is 2.19. The predicted octanol–water partition coefficient (Wildman–Crippen LogP) is 2.70. The molecule has 0 aliphatic rings. The lowest BCUT2D eigenvalue weighted by Gasteiger charge is -2.18. The third-order valence-corrected chi connectivity index (χ3v) is 4.53. The zero-order chi connectivity index (χ0) is 12.3. The van der Waals surface area contributed by atoms with E-state index in [1.807, 2.05) is 27.7 Å². The molecule has 0 spiro atoms. The molecule has 1 N–H and O–H groups in total. The molecule has 1 heterocycles. The van der Waals surface area contributed by atoms with Gasteiger partial charge in [0.2, 0.25) is 0 Å². The first-order chi connectivity index (χ1) is 7.32. The van der Waals surface area contributed by atoms with Gasteiger partial charge in [0.25, 0.3) is 0 Å². The Morgan fingerprint density at radius 3 is 2.62 bits per heavy atom. The molecule has 16 heavy (non-hydrogen) atoms. The van der Waals surface area contributed by atoms with Gasteiger partial charge in [-0.25, -0.2) is 8.93 Å². The summed E-state index contributed by atoms with van der Waals surface area (Å²) >= 11 is 3.43. The van der Waals surface area contributed by atoms with Crippen LogP contribution in [0.1, 0.15) is 31.9 Å². The standard InChI is InChI=1S/C11H17BrN2OS/c1-8-9(5-13-7-10(8)12)6-14-16(15)11(2,3)4/h5,7,14H,6H2,1-4H3/t16-/m0/s1. The van der Waals surface area contributed by atoms with Crippen molar-refractivity contribution in [1.82, 2.24) is 9.71 Å². The molecular weight excluding hydrogens is 288 g/mol. The highest BCUT2D eigenvalue weighted by atomic mass is 79.9. The quantitative estimate of drug-likeness (QED) is 0.933. The Balaban J connectivity index is 2.69. The maximum atomic E-state index is 11.8. The monoisotopic (exact) mass is 304 g/mol. The first-order valence-corrected chi connectivity index (χ1v) is 7.01. The van der Waals surface area contributed by atoms with Crippen LogP contribution < -0.4 is 4.72 Å². The van der Waals surface area contributed by atoms with E-state index in [9.17, 15) is 4.21 Å². The Morgan fingerprint density at radius 2 is 2.06 bits per heavy atom. The van der Waals surface area contributed by atoms with Gasteiger partial charge in [-0.2, -0.15) is 0 Å². The highest BCUT2D eigenvalue weighted by Gasteiger charge is 2.19. The number of hydrogen-bond acceptors (Lipinski definition) is 2. The maximum absolute atomic E-state index is 11.8. The summed E-state index contributed by atoms with van der Waals surface area (Å²) in [4.78, 5) is 4.10. The molecule has 0 aliphatic carbocycles. The van der Waals surface area contributed by atoms with Gasteiger partial charge in [0.1, 0.15) is 0 Å². The summed E-state index contributed by atoms with van der Waals surface area (Å²) in [5, 5.41) is 0. The zero-order valence-corrected chi connectivity index (χ0v) is 12.4. The molecule has 90 valence electrons. The first kappa shape index (κ1) is 13.8. The molecule has 0 saturated heterocycles. The maximum Gasteiger partial charge on any atom is 0.0973 e. The van der Waals surface area contributed by atoms with Crippen LogP contribution in [0.25, 0.3) is 0 Å². The number of halogens is 1. The van der Waals surface area contributed by atoms with Crippen LogP contribution in [-0.4, -0.2) is 13.9 Å². The Labute approximate surface area is 108 Å². The highest BCUT2D eigenvalue weighted by Crippen LogP contribution is 2.18. The summed E-state index contributed by atoms with van der Waals surface area (Å²) in [6.07, 6.45) is 3.56. The molecule has 5 heteroatoms. The van der Waals surface area contributed by atoms with Crippen LogP contribution in [0.15, 0.2) is 16.9 Å². The molecule has 1 aromatic rings. The SMILES string of the molecule is Cc1c(Br)cncc1CN[S@@](=O)C(C)(C)C. The molecule has 0 aromatic carbocycles. The van der Waals surface area contributed by atoms with E-state index in [-0.39, 0.29) is 4.75 Å². The minimum absolute atomic E-state index is 0.243. The molecule has 0 bridgehead atoms. The molecule has 0 saturated carbocycles. The van der Waals surface area contributed by atoms with E-state index in [0.29, 0.717) is 6.54 Å². The summed E-state index contributed by atoms with van der Waals surface area (Å²) in [5.74, 6) is 0. The minimum Gasteiger partial charge on any atom is -0.263 e. The molecule has 0 aliphatic heterocycles. The predicted molar refractivity (Wildman–Crippen MR) is 71.4 cm³/mol. The molecule has 0 unspecified atom stereocenters. The summed E-state index contributed by atoms with van der Waals surface area (Å²) in [7, 11) is -1.05.